The molecule has 0 aromatic carbocycles. The lowest BCUT2D eigenvalue weighted by atomic mass is 9.95. The minimum atomic E-state index is -0.930. The molecule has 1 amide bonds. The molecule has 1 fully saturated rings. The molecule has 0 radical (unpaired) electrons. The maximum atomic E-state index is 12.3. The quantitative estimate of drug-likeness (QED) is 0.773. The molecule has 0 spiro atoms. The van der Waals surface area contributed by atoms with E-state index in [1.165, 1.54) is 16.2 Å². The van der Waals surface area contributed by atoms with Crippen molar-refractivity contribution < 1.29 is 9.90 Å². The van der Waals surface area contributed by atoms with E-state index in [4.69, 9.17) is 0 Å². The van der Waals surface area contributed by atoms with Crippen LogP contribution >= 0.6 is 27.3 Å². The number of carbonyl (C=O) groups is 1. The van der Waals surface area contributed by atoms with Crippen molar-refractivity contribution in [3.8, 4) is 0 Å². The van der Waals surface area contributed by atoms with Gasteiger partial charge in [-0.25, -0.2) is 9.78 Å². The lowest BCUT2D eigenvalue weighted by molar-refractivity contribution is 0.0657. The summed E-state index contributed by atoms with van der Waals surface area (Å²) in [6.45, 7) is 5.68. The van der Waals surface area contributed by atoms with Gasteiger partial charge in [-0.1, -0.05) is 6.42 Å². The number of hydrogen-bond acceptors (Lipinski definition) is 4. The zero-order valence-corrected chi connectivity index (χ0v) is 16.2. The third-order valence-corrected chi connectivity index (χ3v) is 6.09. The van der Waals surface area contributed by atoms with Crippen LogP contribution in [0.15, 0.2) is 14.6 Å². The van der Waals surface area contributed by atoms with Gasteiger partial charge in [-0.15, -0.1) is 11.3 Å². The number of aromatic amines is 1. The van der Waals surface area contributed by atoms with E-state index >= 15 is 0 Å². The summed E-state index contributed by atoms with van der Waals surface area (Å²) in [7, 11) is 0. The molecule has 0 aliphatic heterocycles. The minimum Gasteiger partial charge on any atom is -0.465 e. The van der Waals surface area contributed by atoms with Crippen LogP contribution in [0.1, 0.15) is 51.8 Å². The smallest absolute Gasteiger partial charge is 0.408 e. The first-order valence-corrected chi connectivity index (χ1v) is 9.51. The van der Waals surface area contributed by atoms with Crippen LogP contribution in [0.2, 0.25) is 0 Å². The van der Waals surface area contributed by atoms with E-state index in [9.17, 15) is 14.7 Å². The number of fused-ring (bicyclic) bond motifs is 1. The zero-order chi connectivity index (χ0) is 17.6. The highest BCUT2D eigenvalue weighted by atomic mass is 79.9. The van der Waals surface area contributed by atoms with Gasteiger partial charge in [-0.2, -0.15) is 0 Å². The van der Waals surface area contributed by atoms with Gasteiger partial charge in [0, 0.05) is 17.5 Å². The summed E-state index contributed by atoms with van der Waals surface area (Å²) in [5, 5.41) is 9.69. The summed E-state index contributed by atoms with van der Waals surface area (Å²) in [5.74, 6) is 0.506. The highest BCUT2D eigenvalue weighted by Gasteiger charge is 2.42. The Morgan fingerprint density at radius 1 is 1.46 bits per heavy atom. The Balaban J connectivity index is 2.04. The lowest BCUT2D eigenvalue weighted by Gasteiger charge is -2.40. The van der Waals surface area contributed by atoms with Crippen LogP contribution in [0.25, 0.3) is 10.2 Å². The number of carboxylic acid groups (broad SMARTS) is 1. The zero-order valence-electron chi connectivity index (χ0n) is 13.8. The Kier molecular flexibility index (Phi) is 4.46. The van der Waals surface area contributed by atoms with Crippen LogP contribution in [0.3, 0.4) is 0 Å². The highest BCUT2D eigenvalue weighted by Crippen LogP contribution is 2.39. The molecule has 1 saturated carbocycles. The van der Waals surface area contributed by atoms with Gasteiger partial charge >= 0.3 is 6.09 Å². The van der Waals surface area contributed by atoms with Gasteiger partial charge < -0.3 is 10.1 Å². The molecule has 130 valence electrons. The summed E-state index contributed by atoms with van der Waals surface area (Å²) >= 11 is 4.74. The number of nitrogens with one attached hydrogen (secondary N) is 1. The maximum absolute atomic E-state index is 12.3. The largest absolute Gasteiger partial charge is 0.465 e. The molecule has 2 atom stereocenters. The van der Waals surface area contributed by atoms with Crippen molar-refractivity contribution in [3.63, 3.8) is 0 Å². The average molecular weight is 414 g/mol. The molecule has 1 aliphatic carbocycles. The summed E-state index contributed by atoms with van der Waals surface area (Å²) in [4.78, 5) is 33.2. The number of amides is 1. The van der Waals surface area contributed by atoms with E-state index in [1.54, 1.807) is 0 Å². The predicted octanol–water partition coefficient (Wildman–Crippen LogP) is 4.16. The van der Waals surface area contributed by atoms with Gasteiger partial charge in [0.25, 0.3) is 5.56 Å². The Bertz CT molecular complexity index is 839. The first-order chi connectivity index (χ1) is 11.2. The molecule has 8 heteroatoms. The molecule has 2 aromatic heterocycles. The molecule has 2 aromatic rings. The Morgan fingerprint density at radius 3 is 2.79 bits per heavy atom. The number of thiophene rings is 1. The Labute approximate surface area is 152 Å². The van der Waals surface area contributed by atoms with Crippen LogP contribution in [0.5, 0.6) is 0 Å². The van der Waals surface area contributed by atoms with Crippen LogP contribution in [-0.2, 0) is 0 Å². The minimum absolute atomic E-state index is 0.0869. The normalized spacial score (nSPS) is 21.3. The summed E-state index contributed by atoms with van der Waals surface area (Å²) in [6.07, 6.45) is 1.60. The van der Waals surface area contributed by atoms with E-state index in [-0.39, 0.29) is 17.5 Å². The molecule has 0 saturated heterocycles. The van der Waals surface area contributed by atoms with E-state index in [0.717, 1.165) is 23.0 Å². The molecular formula is C16H20BrN3O3S. The third kappa shape index (κ3) is 3.09. The van der Waals surface area contributed by atoms with Gasteiger partial charge in [0.2, 0.25) is 0 Å². The molecule has 2 N–H and O–H groups in total. The first kappa shape index (κ1) is 17.4. The van der Waals surface area contributed by atoms with Gasteiger partial charge in [0.15, 0.2) is 0 Å². The van der Waals surface area contributed by atoms with Crippen molar-refractivity contribution in [2.75, 3.05) is 0 Å². The van der Waals surface area contributed by atoms with Gasteiger partial charge in [-0.05, 0) is 55.6 Å². The molecule has 6 nitrogen and oxygen atoms in total. The van der Waals surface area contributed by atoms with Gasteiger partial charge in [0.05, 0.1) is 9.30 Å². The molecular weight excluding hydrogens is 394 g/mol. The number of halogens is 1. The van der Waals surface area contributed by atoms with Gasteiger partial charge in [0.1, 0.15) is 10.5 Å². The number of H-pyrrole nitrogens is 1. The van der Waals surface area contributed by atoms with Crippen LogP contribution in [0.4, 0.5) is 4.79 Å². The topological polar surface area (TPSA) is 86.3 Å². The monoisotopic (exact) mass is 413 g/mol. The number of nitrogens with zero attached hydrogens (tertiary/aromatic N) is 2. The van der Waals surface area contributed by atoms with E-state index in [2.05, 4.69) is 25.9 Å². The van der Waals surface area contributed by atoms with Crippen molar-refractivity contribution in [3.05, 3.63) is 26.0 Å². The number of hydrogen-bond donors (Lipinski definition) is 2. The second kappa shape index (κ2) is 6.15. The van der Waals surface area contributed by atoms with Gasteiger partial charge in [-0.3, -0.25) is 9.69 Å². The van der Waals surface area contributed by atoms with Crippen molar-refractivity contribution in [1.82, 2.24) is 14.9 Å². The van der Waals surface area contributed by atoms with E-state index < -0.39 is 11.6 Å². The second-order valence-electron chi connectivity index (χ2n) is 7.14. The average Bonchev–Trinajstić information content (AvgIpc) is 3.02. The molecule has 24 heavy (non-hydrogen) atoms. The molecule has 2 unspecified atom stereocenters. The first-order valence-electron chi connectivity index (χ1n) is 7.90. The Morgan fingerprint density at radius 2 is 2.17 bits per heavy atom. The Hall–Kier alpha value is -1.41. The fraction of sp³-hybridized carbons (Fsp3) is 0.562. The van der Waals surface area contributed by atoms with Crippen LogP contribution in [0, 0.1) is 0 Å². The highest BCUT2D eigenvalue weighted by molar-refractivity contribution is 9.11. The van der Waals surface area contributed by atoms with E-state index in [1.807, 2.05) is 26.8 Å². The second-order valence-corrected chi connectivity index (χ2v) is 9.58. The number of rotatable bonds is 2. The third-order valence-electron chi connectivity index (χ3n) is 4.46. The van der Waals surface area contributed by atoms with Crippen molar-refractivity contribution in [2.45, 2.75) is 57.5 Å². The van der Waals surface area contributed by atoms with Crippen LogP contribution < -0.4 is 5.56 Å². The van der Waals surface area contributed by atoms with Crippen molar-refractivity contribution in [2.24, 2.45) is 0 Å². The lowest BCUT2D eigenvalue weighted by Crippen LogP contribution is -2.52. The fourth-order valence-corrected chi connectivity index (χ4v) is 5.02. The standard InChI is InChI=1S/C16H20BrN3O3S/c1-16(2,3)20(15(22)23)10-6-4-5-8(10)13-18-9-7-11(17)24-12(9)14(21)19-13/h7-8,10H,4-6H2,1-3H3,(H,22,23)(H,18,19,21). The van der Waals surface area contributed by atoms with Crippen molar-refractivity contribution in [1.29, 1.82) is 0 Å². The molecule has 1 aliphatic rings. The van der Waals surface area contributed by atoms with Crippen molar-refractivity contribution >= 4 is 43.6 Å². The fourth-order valence-electron chi connectivity index (χ4n) is 3.60. The molecule has 3 rings (SSSR count). The predicted molar refractivity (Wildman–Crippen MR) is 97.9 cm³/mol. The number of aromatic nitrogens is 2. The summed E-state index contributed by atoms with van der Waals surface area (Å²) in [6, 6.07) is 1.66. The summed E-state index contributed by atoms with van der Waals surface area (Å²) < 4.78 is 1.45. The maximum Gasteiger partial charge on any atom is 0.408 e. The van der Waals surface area contributed by atoms with E-state index in [0.29, 0.717) is 16.0 Å². The molecule has 2 heterocycles. The summed E-state index contributed by atoms with van der Waals surface area (Å²) in [5.41, 5.74) is -0.00239. The molecule has 0 bridgehead atoms. The SMILES string of the molecule is CC(C)(C)N(C(=O)O)C1CCCC1c1nc2cc(Br)sc2c(=O)[nH]1. The van der Waals surface area contributed by atoms with Crippen LogP contribution in [-0.4, -0.2) is 37.6 Å².